The van der Waals surface area contributed by atoms with E-state index in [0.29, 0.717) is 13.0 Å². The molecule has 1 heterocycles. The summed E-state index contributed by atoms with van der Waals surface area (Å²) in [5, 5.41) is 6.22. The molecular weight excluding hydrogens is 252 g/mol. The molecule has 0 spiro atoms. The molecule has 1 unspecified atom stereocenters. The smallest absolute Gasteiger partial charge is 0.221 e. The highest BCUT2D eigenvalue weighted by Crippen LogP contribution is 2.15. The van der Waals surface area contributed by atoms with Gasteiger partial charge in [0.1, 0.15) is 0 Å². The Hall–Kier alpha value is -1.26. The van der Waals surface area contributed by atoms with Crippen LogP contribution in [0, 0.1) is 5.92 Å². The molecule has 0 aromatic rings. The molecule has 1 amide bonds. The lowest BCUT2D eigenvalue weighted by atomic mass is 10.0. The van der Waals surface area contributed by atoms with Gasteiger partial charge in [-0.05, 0) is 32.1 Å². The van der Waals surface area contributed by atoms with E-state index in [1.165, 1.54) is 12.8 Å². The summed E-state index contributed by atoms with van der Waals surface area (Å²) in [7, 11) is 0. The van der Waals surface area contributed by atoms with E-state index in [1.807, 2.05) is 0 Å². The van der Waals surface area contributed by atoms with Gasteiger partial charge in [0.25, 0.3) is 0 Å². The van der Waals surface area contributed by atoms with Crippen LogP contribution in [0.5, 0.6) is 0 Å². The molecule has 0 radical (unpaired) electrons. The van der Waals surface area contributed by atoms with E-state index in [9.17, 15) is 4.79 Å². The van der Waals surface area contributed by atoms with Gasteiger partial charge in [0, 0.05) is 32.6 Å². The monoisotopic (exact) mass is 282 g/mol. The number of carbonyl (C=O) groups is 1. The molecule has 2 N–H and O–H groups in total. The molecule has 1 rings (SSSR count). The molecule has 116 valence electrons. The van der Waals surface area contributed by atoms with Crippen LogP contribution >= 0.6 is 0 Å². The van der Waals surface area contributed by atoms with Crippen molar-refractivity contribution in [2.45, 2.75) is 46.5 Å². The maximum Gasteiger partial charge on any atom is 0.221 e. The van der Waals surface area contributed by atoms with Gasteiger partial charge in [0.15, 0.2) is 5.96 Å². The maximum absolute atomic E-state index is 11.6. The number of hydrogen-bond donors (Lipinski definition) is 2. The minimum absolute atomic E-state index is 0.0958. The summed E-state index contributed by atoms with van der Waals surface area (Å²) in [5.74, 6) is 1.78. The summed E-state index contributed by atoms with van der Waals surface area (Å²) < 4.78 is 0. The summed E-state index contributed by atoms with van der Waals surface area (Å²) in [4.78, 5) is 18.5. The summed E-state index contributed by atoms with van der Waals surface area (Å²) >= 11 is 0. The van der Waals surface area contributed by atoms with Gasteiger partial charge < -0.3 is 15.5 Å². The van der Waals surface area contributed by atoms with Gasteiger partial charge in [-0.25, -0.2) is 0 Å². The Morgan fingerprint density at radius 3 is 2.80 bits per heavy atom. The summed E-state index contributed by atoms with van der Waals surface area (Å²) in [6.45, 7) is 10.7. The third kappa shape index (κ3) is 6.26. The number of nitrogens with one attached hydrogen (secondary N) is 2. The van der Waals surface area contributed by atoms with Crippen molar-refractivity contribution in [3.63, 3.8) is 0 Å². The van der Waals surface area contributed by atoms with Crippen molar-refractivity contribution < 1.29 is 4.79 Å². The van der Waals surface area contributed by atoms with E-state index < -0.39 is 0 Å². The van der Waals surface area contributed by atoms with Crippen molar-refractivity contribution in [1.82, 2.24) is 15.5 Å². The van der Waals surface area contributed by atoms with Gasteiger partial charge in [-0.3, -0.25) is 9.79 Å². The second-order valence-corrected chi connectivity index (χ2v) is 5.53. The fourth-order valence-electron chi connectivity index (χ4n) is 2.42. The molecule has 1 saturated heterocycles. The van der Waals surface area contributed by atoms with Crippen LogP contribution in [0.15, 0.2) is 4.99 Å². The number of carbonyl (C=O) groups excluding carboxylic acids is 1. The lowest BCUT2D eigenvalue weighted by Crippen LogP contribution is -2.46. The summed E-state index contributed by atoms with van der Waals surface area (Å²) in [5.41, 5.74) is 0. The van der Waals surface area contributed by atoms with E-state index in [1.54, 1.807) is 0 Å². The van der Waals surface area contributed by atoms with E-state index in [-0.39, 0.29) is 5.91 Å². The Morgan fingerprint density at radius 2 is 2.15 bits per heavy atom. The number of rotatable bonds is 6. The molecule has 0 aromatic heterocycles. The Kier molecular flexibility index (Phi) is 8.07. The maximum atomic E-state index is 11.6. The average Bonchev–Trinajstić information content (AvgIpc) is 2.44. The molecule has 20 heavy (non-hydrogen) atoms. The molecule has 5 heteroatoms. The Labute approximate surface area is 123 Å². The second kappa shape index (κ2) is 9.61. The minimum atomic E-state index is 0.0958. The van der Waals surface area contributed by atoms with Crippen LogP contribution in [0.25, 0.3) is 0 Å². The third-order valence-corrected chi connectivity index (χ3v) is 3.46. The summed E-state index contributed by atoms with van der Waals surface area (Å²) in [6, 6.07) is 0. The molecule has 0 bridgehead atoms. The second-order valence-electron chi connectivity index (χ2n) is 5.53. The zero-order valence-electron chi connectivity index (χ0n) is 13.2. The van der Waals surface area contributed by atoms with Gasteiger partial charge in [-0.2, -0.15) is 0 Å². The number of aliphatic imine (C=N–C) groups is 1. The topological polar surface area (TPSA) is 56.7 Å². The lowest BCUT2D eigenvalue weighted by Gasteiger charge is -2.33. The van der Waals surface area contributed by atoms with E-state index in [4.69, 9.17) is 0 Å². The van der Waals surface area contributed by atoms with Crippen LogP contribution < -0.4 is 10.6 Å². The number of amides is 1. The number of guanidine groups is 1. The molecule has 1 fully saturated rings. The van der Waals surface area contributed by atoms with Crippen molar-refractivity contribution in [1.29, 1.82) is 0 Å². The van der Waals surface area contributed by atoms with Crippen LogP contribution in [-0.4, -0.2) is 49.5 Å². The van der Waals surface area contributed by atoms with E-state index in [2.05, 4.69) is 41.3 Å². The van der Waals surface area contributed by atoms with Crippen LogP contribution in [0.2, 0.25) is 0 Å². The highest BCUT2D eigenvalue weighted by Gasteiger charge is 2.18. The van der Waals surface area contributed by atoms with Crippen LogP contribution in [0.4, 0.5) is 0 Å². The van der Waals surface area contributed by atoms with Crippen LogP contribution in [0.3, 0.4) is 0 Å². The number of piperidine rings is 1. The Morgan fingerprint density at radius 1 is 1.35 bits per heavy atom. The van der Waals surface area contributed by atoms with Crippen LogP contribution in [0.1, 0.15) is 46.5 Å². The molecule has 1 aliphatic rings. The van der Waals surface area contributed by atoms with Crippen molar-refractivity contribution >= 4 is 11.9 Å². The molecule has 0 aliphatic carbocycles. The fourth-order valence-corrected chi connectivity index (χ4v) is 2.42. The van der Waals surface area contributed by atoms with Gasteiger partial charge in [-0.1, -0.05) is 13.8 Å². The number of hydrogen-bond acceptors (Lipinski definition) is 2. The van der Waals surface area contributed by atoms with Gasteiger partial charge >= 0.3 is 0 Å². The first-order valence-electron chi connectivity index (χ1n) is 7.97. The zero-order valence-corrected chi connectivity index (χ0v) is 13.2. The van der Waals surface area contributed by atoms with Gasteiger partial charge in [0.2, 0.25) is 5.91 Å². The normalized spacial score (nSPS) is 19.9. The first kappa shape index (κ1) is 16.8. The van der Waals surface area contributed by atoms with Gasteiger partial charge in [-0.15, -0.1) is 0 Å². The van der Waals surface area contributed by atoms with E-state index >= 15 is 0 Å². The fraction of sp³-hybridized carbons (Fsp3) is 0.867. The Bertz CT molecular complexity index is 317. The minimum Gasteiger partial charge on any atom is -0.357 e. The molecule has 0 saturated carbocycles. The first-order valence-corrected chi connectivity index (χ1v) is 7.97. The van der Waals surface area contributed by atoms with Crippen molar-refractivity contribution in [3.8, 4) is 0 Å². The SMILES string of the molecule is CCCNC(=O)CCN=C(NCC)N1CCCC(C)C1. The largest absolute Gasteiger partial charge is 0.357 e. The molecular formula is C15H30N4O. The highest BCUT2D eigenvalue weighted by molar-refractivity contribution is 5.81. The predicted octanol–water partition coefficient (Wildman–Crippen LogP) is 1.60. The summed E-state index contributed by atoms with van der Waals surface area (Å²) in [6.07, 6.45) is 3.97. The third-order valence-electron chi connectivity index (χ3n) is 3.46. The van der Waals surface area contributed by atoms with Crippen molar-refractivity contribution in [3.05, 3.63) is 0 Å². The number of likely N-dealkylation sites (tertiary alicyclic amines) is 1. The number of nitrogens with zero attached hydrogens (tertiary/aromatic N) is 2. The van der Waals surface area contributed by atoms with Gasteiger partial charge in [0.05, 0.1) is 6.54 Å². The molecule has 5 nitrogen and oxygen atoms in total. The molecule has 1 aliphatic heterocycles. The quantitative estimate of drug-likeness (QED) is 0.575. The van der Waals surface area contributed by atoms with Crippen LogP contribution in [-0.2, 0) is 4.79 Å². The molecule has 1 atom stereocenters. The molecule has 0 aromatic carbocycles. The highest BCUT2D eigenvalue weighted by atomic mass is 16.1. The zero-order chi connectivity index (χ0) is 14.8. The Balaban J connectivity index is 2.43. The van der Waals surface area contributed by atoms with E-state index in [0.717, 1.165) is 44.5 Å². The lowest BCUT2D eigenvalue weighted by molar-refractivity contribution is -0.120. The average molecular weight is 282 g/mol. The standard InChI is InChI=1S/C15H30N4O/c1-4-9-17-14(20)8-10-18-15(16-5-2)19-11-6-7-13(3)12-19/h13H,4-12H2,1-3H3,(H,16,18)(H,17,20). The first-order chi connectivity index (χ1) is 9.67. The van der Waals surface area contributed by atoms with Crippen molar-refractivity contribution in [2.75, 3.05) is 32.7 Å². The van der Waals surface area contributed by atoms with Crippen molar-refractivity contribution in [2.24, 2.45) is 10.9 Å². The predicted molar refractivity (Wildman–Crippen MR) is 83.9 cm³/mol.